The van der Waals surface area contributed by atoms with E-state index in [0.29, 0.717) is 13.1 Å². The van der Waals surface area contributed by atoms with Crippen LogP contribution in [0.5, 0.6) is 0 Å². The van der Waals surface area contributed by atoms with Crippen LogP contribution in [0, 0.1) is 11.6 Å². The van der Waals surface area contributed by atoms with E-state index in [9.17, 15) is 13.6 Å². The average molecular weight is 342 g/mol. The SMILES string of the molecule is O=C(c1ccc(F)c(F)c1)N1CCC(c2nnc3ccccn23)CC1. The summed E-state index contributed by atoms with van der Waals surface area (Å²) in [5.74, 6) is -1.12. The highest BCUT2D eigenvalue weighted by atomic mass is 19.2. The number of aromatic nitrogens is 3. The van der Waals surface area contributed by atoms with E-state index in [0.717, 1.165) is 36.4 Å². The molecule has 1 amide bonds. The highest BCUT2D eigenvalue weighted by Gasteiger charge is 2.27. The van der Waals surface area contributed by atoms with Crippen LogP contribution in [0.2, 0.25) is 0 Å². The van der Waals surface area contributed by atoms with Crippen molar-refractivity contribution in [2.24, 2.45) is 0 Å². The summed E-state index contributed by atoms with van der Waals surface area (Å²) >= 11 is 0. The number of amides is 1. The van der Waals surface area contributed by atoms with Gasteiger partial charge < -0.3 is 4.90 Å². The van der Waals surface area contributed by atoms with E-state index < -0.39 is 11.6 Å². The number of hydrogen-bond donors (Lipinski definition) is 0. The van der Waals surface area contributed by atoms with Crippen LogP contribution in [-0.2, 0) is 0 Å². The molecule has 0 N–H and O–H groups in total. The number of fused-ring (bicyclic) bond motifs is 1. The van der Waals surface area contributed by atoms with Crippen molar-refractivity contribution in [3.63, 3.8) is 0 Å². The van der Waals surface area contributed by atoms with Crippen LogP contribution in [0.4, 0.5) is 8.78 Å². The fraction of sp³-hybridized carbons (Fsp3) is 0.278. The van der Waals surface area contributed by atoms with Crippen LogP contribution in [0.1, 0.15) is 34.9 Å². The van der Waals surface area contributed by atoms with Gasteiger partial charge in [-0.05, 0) is 43.2 Å². The van der Waals surface area contributed by atoms with Gasteiger partial charge >= 0.3 is 0 Å². The van der Waals surface area contributed by atoms with E-state index in [1.807, 2.05) is 28.8 Å². The third-order valence-electron chi connectivity index (χ3n) is 4.65. The van der Waals surface area contributed by atoms with Gasteiger partial charge in [-0.2, -0.15) is 0 Å². The molecular formula is C18H16F2N4O. The van der Waals surface area contributed by atoms with Gasteiger partial charge in [0.15, 0.2) is 17.3 Å². The zero-order chi connectivity index (χ0) is 17.4. The van der Waals surface area contributed by atoms with Gasteiger partial charge in [-0.1, -0.05) is 6.07 Å². The smallest absolute Gasteiger partial charge is 0.253 e. The third-order valence-corrected chi connectivity index (χ3v) is 4.65. The first kappa shape index (κ1) is 15.7. The van der Waals surface area contributed by atoms with E-state index in [1.54, 1.807) is 4.90 Å². The minimum atomic E-state index is -1.00. The van der Waals surface area contributed by atoms with Crippen molar-refractivity contribution in [3.05, 3.63) is 65.6 Å². The van der Waals surface area contributed by atoms with Crippen LogP contribution < -0.4 is 0 Å². The molecule has 0 aliphatic carbocycles. The van der Waals surface area contributed by atoms with Crippen molar-refractivity contribution in [1.29, 1.82) is 0 Å². The van der Waals surface area contributed by atoms with Gasteiger partial charge in [0.2, 0.25) is 0 Å². The molecule has 1 aromatic carbocycles. The molecule has 3 heterocycles. The molecule has 3 aromatic rings. The molecular weight excluding hydrogens is 326 g/mol. The fourth-order valence-corrected chi connectivity index (χ4v) is 3.29. The number of benzene rings is 1. The summed E-state index contributed by atoms with van der Waals surface area (Å²) in [5, 5.41) is 8.46. The number of carbonyl (C=O) groups is 1. The molecule has 5 nitrogen and oxygen atoms in total. The van der Waals surface area contributed by atoms with Gasteiger partial charge in [0.25, 0.3) is 5.91 Å². The lowest BCUT2D eigenvalue weighted by Gasteiger charge is -2.31. The molecule has 7 heteroatoms. The molecule has 1 saturated heterocycles. The second-order valence-corrected chi connectivity index (χ2v) is 6.18. The Balaban J connectivity index is 1.47. The predicted octanol–water partition coefficient (Wildman–Crippen LogP) is 3.03. The Kier molecular flexibility index (Phi) is 3.91. The maximum atomic E-state index is 13.3. The van der Waals surface area contributed by atoms with Gasteiger partial charge in [0.05, 0.1) is 0 Å². The normalized spacial score (nSPS) is 15.7. The summed E-state index contributed by atoms with van der Waals surface area (Å²) < 4.78 is 28.3. The van der Waals surface area contributed by atoms with Gasteiger partial charge in [0.1, 0.15) is 5.82 Å². The Morgan fingerprint density at radius 2 is 1.84 bits per heavy atom. The van der Waals surface area contributed by atoms with E-state index >= 15 is 0 Å². The Bertz CT molecular complexity index is 932. The maximum Gasteiger partial charge on any atom is 0.253 e. The number of rotatable bonds is 2. The summed E-state index contributed by atoms with van der Waals surface area (Å²) in [6.45, 7) is 1.09. The van der Waals surface area contributed by atoms with Crippen LogP contribution in [0.25, 0.3) is 5.65 Å². The topological polar surface area (TPSA) is 50.5 Å². The zero-order valence-electron chi connectivity index (χ0n) is 13.4. The number of hydrogen-bond acceptors (Lipinski definition) is 3. The molecule has 2 aromatic heterocycles. The van der Waals surface area contributed by atoms with Crippen molar-refractivity contribution >= 4 is 11.6 Å². The largest absolute Gasteiger partial charge is 0.339 e. The van der Waals surface area contributed by atoms with E-state index in [1.165, 1.54) is 6.07 Å². The third kappa shape index (κ3) is 2.86. The molecule has 0 unspecified atom stereocenters. The molecule has 128 valence electrons. The molecule has 0 saturated carbocycles. The molecule has 0 atom stereocenters. The highest BCUT2D eigenvalue weighted by Crippen LogP contribution is 2.28. The minimum absolute atomic E-state index is 0.172. The van der Waals surface area contributed by atoms with E-state index in [2.05, 4.69) is 10.2 Å². The summed E-state index contributed by atoms with van der Waals surface area (Å²) in [6.07, 6.45) is 3.44. The first-order valence-corrected chi connectivity index (χ1v) is 8.17. The van der Waals surface area contributed by atoms with Gasteiger partial charge in [-0.25, -0.2) is 8.78 Å². The predicted molar refractivity (Wildman–Crippen MR) is 87.2 cm³/mol. The quantitative estimate of drug-likeness (QED) is 0.719. The second-order valence-electron chi connectivity index (χ2n) is 6.18. The monoisotopic (exact) mass is 342 g/mol. The summed E-state index contributed by atoms with van der Waals surface area (Å²) in [7, 11) is 0. The van der Waals surface area contributed by atoms with Crippen molar-refractivity contribution in [2.45, 2.75) is 18.8 Å². The Morgan fingerprint density at radius 1 is 1.04 bits per heavy atom. The lowest BCUT2D eigenvalue weighted by molar-refractivity contribution is 0.0710. The van der Waals surface area contributed by atoms with Gasteiger partial charge in [-0.15, -0.1) is 10.2 Å². The lowest BCUT2D eigenvalue weighted by Crippen LogP contribution is -2.38. The Morgan fingerprint density at radius 3 is 2.60 bits per heavy atom. The number of nitrogens with zero attached hydrogens (tertiary/aromatic N) is 4. The summed E-state index contributed by atoms with van der Waals surface area (Å²) in [6, 6.07) is 9.00. The van der Waals surface area contributed by atoms with Crippen molar-refractivity contribution in [3.8, 4) is 0 Å². The van der Waals surface area contributed by atoms with Crippen molar-refractivity contribution in [2.75, 3.05) is 13.1 Å². The number of carbonyl (C=O) groups excluding carboxylic acids is 1. The summed E-state index contributed by atoms with van der Waals surface area (Å²) in [5.41, 5.74) is 0.975. The van der Waals surface area contributed by atoms with E-state index in [4.69, 9.17) is 0 Å². The number of likely N-dealkylation sites (tertiary alicyclic amines) is 1. The molecule has 4 rings (SSSR count). The standard InChI is InChI=1S/C18H16F2N4O/c19-14-5-4-13(11-15(14)20)18(25)23-9-6-12(7-10-23)17-22-21-16-3-1-2-8-24(16)17/h1-5,8,11-12H,6-7,9-10H2. The molecule has 0 radical (unpaired) electrons. The molecule has 1 aliphatic rings. The Labute approximate surface area is 142 Å². The molecule has 25 heavy (non-hydrogen) atoms. The van der Waals surface area contributed by atoms with Crippen LogP contribution in [-0.4, -0.2) is 38.5 Å². The van der Waals surface area contributed by atoms with Crippen LogP contribution in [0.15, 0.2) is 42.6 Å². The zero-order valence-corrected chi connectivity index (χ0v) is 13.4. The second kappa shape index (κ2) is 6.23. The molecule has 0 bridgehead atoms. The Hall–Kier alpha value is -2.83. The van der Waals surface area contributed by atoms with Crippen molar-refractivity contribution in [1.82, 2.24) is 19.5 Å². The number of halogens is 2. The lowest BCUT2D eigenvalue weighted by atomic mass is 9.95. The van der Waals surface area contributed by atoms with E-state index in [-0.39, 0.29) is 17.4 Å². The van der Waals surface area contributed by atoms with Crippen LogP contribution in [0.3, 0.4) is 0 Å². The van der Waals surface area contributed by atoms with Crippen LogP contribution >= 0.6 is 0 Å². The van der Waals surface area contributed by atoms with Crippen molar-refractivity contribution < 1.29 is 13.6 Å². The first-order valence-electron chi connectivity index (χ1n) is 8.17. The summed E-state index contributed by atoms with van der Waals surface area (Å²) in [4.78, 5) is 14.1. The maximum absolute atomic E-state index is 13.3. The van der Waals surface area contributed by atoms with Gasteiger partial charge in [-0.3, -0.25) is 9.20 Å². The fourth-order valence-electron chi connectivity index (χ4n) is 3.29. The molecule has 1 aliphatic heterocycles. The number of pyridine rings is 1. The molecule has 1 fully saturated rings. The minimum Gasteiger partial charge on any atom is -0.339 e. The average Bonchev–Trinajstić information content (AvgIpc) is 3.08. The van der Waals surface area contributed by atoms with Gasteiger partial charge in [0, 0.05) is 30.8 Å². The number of piperidine rings is 1. The first-order chi connectivity index (χ1) is 12.1. The highest BCUT2D eigenvalue weighted by molar-refractivity contribution is 5.94. The molecule has 0 spiro atoms.